The van der Waals surface area contributed by atoms with E-state index in [2.05, 4.69) is 6.92 Å². The van der Waals surface area contributed by atoms with Gasteiger partial charge in [0.1, 0.15) is 0 Å². The summed E-state index contributed by atoms with van der Waals surface area (Å²) < 4.78 is 0. The lowest BCUT2D eigenvalue weighted by molar-refractivity contribution is 0.102. The Labute approximate surface area is 69.4 Å². The average molecular weight is 150 g/mol. The molecule has 0 aromatic carbocycles. The van der Waals surface area contributed by atoms with Gasteiger partial charge in [-0.15, -0.1) is 0 Å². The Morgan fingerprint density at radius 3 is 2.55 bits per heavy atom. The standard InChI is InChI=1S/C11H18/c1-2-3-9-10-6-7-4-8(5-7)11(9)10/h7-11H,2-6H2,1H3. The first-order valence-electron chi connectivity index (χ1n) is 5.40. The van der Waals surface area contributed by atoms with Crippen molar-refractivity contribution in [2.24, 2.45) is 29.6 Å². The Hall–Kier alpha value is 0. The van der Waals surface area contributed by atoms with E-state index < -0.39 is 0 Å². The highest BCUT2D eigenvalue weighted by molar-refractivity contribution is 5.09. The minimum atomic E-state index is 1.18. The van der Waals surface area contributed by atoms with Crippen molar-refractivity contribution in [3.05, 3.63) is 0 Å². The molecule has 62 valence electrons. The van der Waals surface area contributed by atoms with Crippen LogP contribution in [0.25, 0.3) is 0 Å². The average Bonchev–Trinajstić information content (AvgIpc) is 2.63. The highest BCUT2D eigenvalue weighted by atomic mass is 14.7. The predicted octanol–water partition coefficient (Wildman–Crippen LogP) is 3.08. The van der Waals surface area contributed by atoms with Gasteiger partial charge in [-0.05, 0) is 48.9 Å². The van der Waals surface area contributed by atoms with E-state index in [9.17, 15) is 0 Å². The lowest BCUT2D eigenvalue weighted by Crippen LogP contribution is -2.30. The Balaban J connectivity index is 1.68. The van der Waals surface area contributed by atoms with Crippen LogP contribution in [0.3, 0.4) is 0 Å². The zero-order valence-electron chi connectivity index (χ0n) is 7.42. The molecule has 4 saturated carbocycles. The maximum atomic E-state index is 2.34. The minimum absolute atomic E-state index is 1.18. The molecule has 0 radical (unpaired) electrons. The molecule has 0 aromatic heterocycles. The molecule has 0 nitrogen and oxygen atoms in total. The molecule has 0 aromatic rings. The van der Waals surface area contributed by atoms with E-state index in [1.54, 1.807) is 25.7 Å². The number of hydrogen-bond acceptors (Lipinski definition) is 0. The van der Waals surface area contributed by atoms with Gasteiger partial charge >= 0.3 is 0 Å². The van der Waals surface area contributed by atoms with E-state index in [0.717, 1.165) is 0 Å². The van der Waals surface area contributed by atoms with E-state index >= 15 is 0 Å². The monoisotopic (exact) mass is 150 g/mol. The first kappa shape index (κ1) is 6.51. The second-order valence-electron chi connectivity index (χ2n) is 5.03. The maximum Gasteiger partial charge on any atom is -0.0323 e. The largest absolute Gasteiger partial charge is 0.0654 e. The van der Waals surface area contributed by atoms with Crippen molar-refractivity contribution in [2.75, 3.05) is 0 Å². The lowest BCUT2D eigenvalue weighted by Gasteiger charge is -2.40. The van der Waals surface area contributed by atoms with Crippen LogP contribution in [0.1, 0.15) is 39.0 Å². The number of hydrogen-bond donors (Lipinski definition) is 0. The summed E-state index contributed by atoms with van der Waals surface area (Å²) in [6.07, 6.45) is 7.81. The van der Waals surface area contributed by atoms with Crippen LogP contribution in [0.5, 0.6) is 0 Å². The van der Waals surface area contributed by atoms with E-state index in [1.807, 2.05) is 0 Å². The van der Waals surface area contributed by atoms with Gasteiger partial charge in [0.25, 0.3) is 0 Å². The fraction of sp³-hybridized carbons (Fsp3) is 1.00. The molecule has 0 saturated heterocycles. The van der Waals surface area contributed by atoms with E-state index in [-0.39, 0.29) is 0 Å². The topological polar surface area (TPSA) is 0 Å². The third-order valence-corrected chi connectivity index (χ3v) is 4.44. The predicted molar refractivity (Wildman–Crippen MR) is 46.2 cm³/mol. The second-order valence-corrected chi connectivity index (χ2v) is 5.03. The van der Waals surface area contributed by atoms with E-state index in [4.69, 9.17) is 0 Å². The summed E-state index contributed by atoms with van der Waals surface area (Å²) in [7, 11) is 0. The van der Waals surface area contributed by atoms with Gasteiger partial charge in [0.05, 0.1) is 0 Å². The number of rotatable bonds is 2. The van der Waals surface area contributed by atoms with E-state index in [1.165, 1.54) is 36.0 Å². The molecule has 4 rings (SSSR count). The zero-order chi connectivity index (χ0) is 7.42. The molecule has 0 spiro atoms. The van der Waals surface area contributed by atoms with Crippen LogP contribution in [0.2, 0.25) is 0 Å². The van der Waals surface area contributed by atoms with Crippen LogP contribution in [0.15, 0.2) is 0 Å². The molecule has 2 bridgehead atoms. The van der Waals surface area contributed by atoms with Crippen molar-refractivity contribution in [2.45, 2.75) is 39.0 Å². The summed E-state index contributed by atoms with van der Waals surface area (Å²) in [5.74, 6) is 6.02. The third kappa shape index (κ3) is 0.761. The van der Waals surface area contributed by atoms with Crippen LogP contribution in [-0.4, -0.2) is 0 Å². The summed E-state index contributed by atoms with van der Waals surface area (Å²) in [6, 6.07) is 0. The fourth-order valence-electron chi connectivity index (χ4n) is 3.92. The van der Waals surface area contributed by atoms with Gasteiger partial charge in [-0.1, -0.05) is 19.8 Å². The summed E-state index contributed by atoms with van der Waals surface area (Å²) in [5.41, 5.74) is 0. The van der Waals surface area contributed by atoms with Crippen LogP contribution in [-0.2, 0) is 0 Å². The first-order valence-corrected chi connectivity index (χ1v) is 5.40. The van der Waals surface area contributed by atoms with Gasteiger partial charge in [-0.25, -0.2) is 0 Å². The Morgan fingerprint density at radius 2 is 2.00 bits per heavy atom. The highest BCUT2D eigenvalue weighted by Gasteiger charge is 2.60. The fourth-order valence-corrected chi connectivity index (χ4v) is 3.92. The molecule has 0 N–H and O–H groups in total. The highest BCUT2D eigenvalue weighted by Crippen LogP contribution is 2.68. The smallest absolute Gasteiger partial charge is 0.0323 e. The summed E-state index contributed by atoms with van der Waals surface area (Å²) >= 11 is 0. The van der Waals surface area contributed by atoms with Crippen LogP contribution in [0.4, 0.5) is 0 Å². The van der Waals surface area contributed by atoms with Gasteiger partial charge in [-0.2, -0.15) is 0 Å². The molecule has 3 atom stereocenters. The SMILES string of the molecule is CCCC1C2CC3CC(C3)C12. The molecular weight excluding hydrogens is 132 g/mol. The van der Waals surface area contributed by atoms with Crippen molar-refractivity contribution in [3.63, 3.8) is 0 Å². The quantitative estimate of drug-likeness (QED) is 0.567. The summed E-state index contributed by atoms with van der Waals surface area (Å²) in [4.78, 5) is 0. The Bertz CT molecular complexity index is 167. The van der Waals surface area contributed by atoms with E-state index in [0.29, 0.717) is 0 Å². The molecule has 0 amide bonds. The zero-order valence-corrected chi connectivity index (χ0v) is 7.42. The molecule has 11 heavy (non-hydrogen) atoms. The van der Waals surface area contributed by atoms with Crippen molar-refractivity contribution in [3.8, 4) is 0 Å². The summed E-state index contributed by atoms with van der Waals surface area (Å²) in [6.45, 7) is 2.34. The molecule has 4 aliphatic carbocycles. The van der Waals surface area contributed by atoms with Crippen molar-refractivity contribution in [1.29, 1.82) is 0 Å². The molecule has 0 heteroatoms. The Morgan fingerprint density at radius 1 is 1.18 bits per heavy atom. The molecule has 4 fully saturated rings. The maximum absolute atomic E-state index is 2.34. The second kappa shape index (κ2) is 2.02. The Kier molecular flexibility index (Phi) is 1.20. The minimum Gasteiger partial charge on any atom is -0.0654 e. The van der Waals surface area contributed by atoms with Gasteiger partial charge in [0.15, 0.2) is 0 Å². The van der Waals surface area contributed by atoms with Crippen LogP contribution >= 0.6 is 0 Å². The normalized spacial score (nSPS) is 58.1. The summed E-state index contributed by atoms with van der Waals surface area (Å²) in [5, 5.41) is 0. The molecule has 3 unspecified atom stereocenters. The third-order valence-electron chi connectivity index (χ3n) is 4.44. The molecule has 0 heterocycles. The van der Waals surface area contributed by atoms with Crippen molar-refractivity contribution in [1.82, 2.24) is 0 Å². The van der Waals surface area contributed by atoms with Gasteiger partial charge in [0.2, 0.25) is 0 Å². The van der Waals surface area contributed by atoms with Gasteiger partial charge < -0.3 is 0 Å². The van der Waals surface area contributed by atoms with Crippen molar-refractivity contribution < 1.29 is 0 Å². The first-order chi connectivity index (χ1) is 5.40. The van der Waals surface area contributed by atoms with Gasteiger partial charge in [0, 0.05) is 0 Å². The molecule has 0 aliphatic heterocycles. The van der Waals surface area contributed by atoms with Crippen LogP contribution < -0.4 is 0 Å². The lowest BCUT2D eigenvalue weighted by atomic mass is 9.65. The molecule has 4 aliphatic rings. The van der Waals surface area contributed by atoms with Crippen molar-refractivity contribution >= 4 is 0 Å². The van der Waals surface area contributed by atoms with Gasteiger partial charge in [-0.3, -0.25) is 0 Å². The molecular formula is C11H18. The van der Waals surface area contributed by atoms with Crippen LogP contribution in [0, 0.1) is 29.6 Å².